The van der Waals surface area contributed by atoms with E-state index < -0.39 is 22.6 Å². The fraction of sp³-hybridized carbons (Fsp3) is 0.259. The number of hydrogen-bond donors (Lipinski definition) is 1. The lowest BCUT2D eigenvalue weighted by Crippen LogP contribution is -2.34. The average Bonchev–Trinajstić information content (AvgIpc) is 3.33. The van der Waals surface area contributed by atoms with E-state index in [1.54, 1.807) is 35.9 Å². The number of hydrogen-bond acceptors (Lipinski definition) is 5. The number of nitrogens with one attached hydrogen (secondary N) is 1. The zero-order chi connectivity index (χ0) is 25.3. The first-order chi connectivity index (χ1) is 17.4. The summed E-state index contributed by atoms with van der Waals surface area (Å²) in [5.41, 5.74) is -0.537. The summed E-state index contributed by atoms with van der Waals surface area (Å²) in [7, 11) is 1.57. The van der Waals surface area contributed by atoms with Crippen molar-refractivity contribution in [1.29, 1.82) is 0 Å². The van der Waals surface area contributed by atoms with E-state index >= 15 is 0 Å². The summed E-state index contributed by atoms with van der Waals surface area (Å²) in [5.74, 6) is 0.493. The van der Waals surface area contributed by atoms with Crippen LogP contribution in [0, 0.1) is 0 Å². The van der Waals surface area contributed by atoms with Crippen molar-refractivity contribution < 1.29 is 17.9 Å². The fourth-order valence-electron chi connectivity index (χ4n) is 4.77. The summed E-state index contributed by atoms with van der Waals surface area (Å²) >= 11 is 0. The molecule has 36 heavy (non-hydrogen) atoms. The molecule has 1 aliphatic rings. The summed E-state index contributed by atoms with van der Waals surface area (Å²) in [4.78, 5) is 19.8. The Balaban J connectivity index is 1.83. The largest absolute Gasteiger partial charge is 0.417 e. The van der Waals surface area contributed by atoms with Gasteiger partial charge in [-0.3, -0.25) is 9.36 Å². The molecule has 1 saturated heterocycles. The molecule has 1 fully saturated rings. The van der Waals surface area contributed by atoms with Crippen LogP contribution in [0.15, 0.2) is 77.6 Å². The number of anilines is 3. The maximum Gasteiger partial charge on any atom is 0.417 e. The lowest BCUT2D eigenvalue weighted by atomic mass is 10.1. The van der Waals surface area contributed by atoms with Gasteiger partial charge in [-0.15, -0.1) is 0 Å². The molecule has 2 aromatic carbocycles. The molecule has 0 amide bonds. The second kappa shape index (κ2) is 9.66. The number of benzene rings is 2. The molecule has 5 rings (SSSR count). The van der Waals surface area contributed by atoms with Crippen LogP contribution in [0.3, 0.4) is 0 Å². The number of halogens is 3. The minimum atomic E-state index is -4.74. The maximum atomic E-state index is 14.4. The lowest BCUT2D eigenvalue weighted by molar-refractivity contribution is -0.136. The SMILES string of the molecule is COC[C@H]1CCCN1c1cc(C(F)(F)F)c2c(=O)cc(Nc3ccccc3)n(-c3ccccc3)c2n1. The van der Waals surface area contributed by atoms with E-state index in [0.29, 0.717) is 30.3 Å². The topological polar surface area (TPSA) is 59.4 Å². The van der Waals surface area contributed by atoms with Gasteiger partial charge in [-0.2, -0.15) is 13.2 Å². The van der Waals surface area contributed by atoms with Gasteiger partial charge < -0.3 is 15.0 Å². The van der Waals surface area contributed by atoms with Gasteiger partial charge in [0, 0.05) is 31.1 Å². The van der Waals surface area contributed by atoms with E-state index in [1.807, 2.05) is 41.3 Å². The highest BCUT2D eigenvalue weighted by Gasteiger charge is 2.37. The number of nitrogens with zero attached hydrogens (tertiary/aromatic N) is 3. The van der Waals surface area contributed by atoms with Gasteiger partial charge in [0.15, 0.2) is 11.1 Å². The highest BCUT2D eigenvalue weighted by Crippen LogP contribution is 2.38. The Morgan fingerprint density at radius 1 is 1.06 bits per heavy atom. The molecule has 1 aliphatic heterocycles. The normalized spacial score (nSPS) is 16.0. The molecule has 1 N–H and O–H groups in total. The first-order valence-electron chi connectivity index (χ1n) is 11.7. The van der Waals surface area contributed by atoms with Crippen LogP contribution < -0.4 is 15.6 Å². The summed E-state index contributed by atoms with van der Waals surface area (Å²) in [5, 5.41) is 2.73. The number of pyridine rings is 2. The van der Waals surface area contributed by atoms with Crippen molar-refractivity contribution in [1.82, 2.24) is 9.55 Å². The first kappa shape index (κ1) is 23.9. The third-order valence-corrected chi connectivity index (χ3v) is 6.35. The Morgan fingerprint density at radius 3 is 2.42 bits per heavy atom. The molecule has 1 atom stereocenters. The smallest absolute Gasteiger partial charge is 0.383 e. The van der Waals surface area contributed by atoms with Crippen LogP contribution in [0.25, 0.3) is 16.7 Å². The van der Waals surface area contributed by atoms with Crippen LogP contribution in [0.5, 0.6) is 0 Å². The predicted octanol–water partition coefficient (Wildman–Crippen LogP) is 5.76. The van der Waals surface area contributed by atoms with E-state index in [1.165, 1.54) is 6.07 Å². The van der Waals surface area contributed by atoms with Crippen LogP contribution in [0.2, 0.25) is 0 Å². The van der Waals surface area contributed by atoms with Crippen LogP contribution in [0.4, 0.5) is 30.5 Å². The van der Waals surface area contributed by atoms with Crippen LogP contribution in [-0.2, 0) is 10.9 Å². The predicted molar refractivity (Wildman–Crippen MR) is 134 cm³/mol. The minimum Gasteiger partial charge on any atom is -0.383 e. The van der Waals surface area contributed by atoms with E-state index in [0.717, 1.165) is 18.9 Å². The number of methoxy groups -OCH3 is 1. The second-order valence-corrected chi connectivity index (χ2v) is 8.72. The molecule has 0 spiro atoms. The quantitative estimate of drug-likeness (QED) is 0.369. The van der Waals surface area contributed by atoms with Gasteiger partial charge in [0.05, 0.1) is 23.6 Å². The molecule has 6 nitrogen and oxygen atoms in total. The number of rotatable bonds is 6. The molecule has 0 aliphatic carbocycles. The molecule has 3 heterocycles. The maximum absolute atomic E-state index is 14.4. The zero-order valence-electron chi connectivity index (χ0n) is 19.6. The van der Waals surface area contributed by atoms with E-state index in [2.05, 4.69) is 5.32 Å². The molecule has 9 heteroatoms. The van der Waals surface area contributed by atoms with Gasteiger partial charge in [-0.05, 0) is 43.2 Å². The summed E-state index contributed by atoms with van der Waals surface area (Å²) in [6, 6.07) is 20.2. The monoisotopic (exact) mass is 494 g/mol. The van der Waals surface area contributed by atoms with E-state index in [-0.39, 0.29) is 17.5 Å². The fourth-order valence-corrected chi connectivity index (χ4v) is 4.77. The highest BCUT2D eigenvalue weighted by molar-refractivity contribution is 5.86. The molecule has 4 aromatic rings. The van der Waals surface area contributed by atoms with Gasteiger partial charge in [-0.25, -0.2) is 4.98 Å². The van der Waals surface area contributed by atoms with Crippen LogP contribution in [0.1, 0.15) is 18.4 Å². The van der Waals surface area contributed by atoms with Crippen LogP contribution >= 0.6 is 0 Å². The zero-order valence-corrected chi connectivity index (χ0v) is 19.6. The molecule has 0 unspecified atom stereocenters. The Labute approximate surface area is 206 Å². The average molecular weight is 495 g/mol. The van der Waals surface area contributed by atoms with Crippen molar-refractivity contribution in [2.75, 3.05) is 30.5 Å². The van der Waals surface area contributed by atoms with Crippen LogP contribution in [-0.4, -0.2) is 35.9 Å². The highest BCUT2D eigenvalue weighted by atomic mass is 19.4. The Hall–Kier alpha value is -3.85. The Kier molecular flexibility index (Phi) is 6.40. The van der Waals surface area contributed by atoms with Gasteiger partial charge >= 0.3 is 6.18 Å². The number of para-hydroxylation sites is 2. The number of aromatic nitrogens is 2. The van der Waals surface area contributed by atoms with Gasteiger partial charge in [0.25, 0.3) is 0 Å². The van der Waals surface area contributed by atoms with Gasteiger partial charge in [0.1, 0.15) is 11.6 Å². The molecular formula is C27H25F3N4O2. The molecule has 2 aromatic heterocycles. The molecule has 0 saturated carbocycles. The van der Waals surface area contributed by atoms with Crippen molar-refractivity contribution in [2.24, 2.45) is 0 Å². The third kappa shape index (κ3) is 4.54. The van der Waals surface area contributed by atoms with Gasteiger partial charge in [-0.1, -0.05) is 36.4 Å². The van der Waals surface area contributed by atoms with E-state index in [9.17, 15) is 18.0 Å². The standard InChI is InChI=1S/C27H25F3N4O2/c1-36-17-20-13-8-14-33(20)23-15-21(27(28,29)30)25-22(35)16-24(31-18-9-4-2-5-10-18)34(26(25)32-23)19-11-6-3-7-12-19/h2-7,9-12,15-16,20,31H,8,13-14,17H2,1H3/t20-/m1/s1. The molecule has 0 radical (unpaired) electrons. The summed E-state index contributed by atoms with van der Waals surface area (Å²) < 4.78 is 49.9. The van der Waals surface area contributed by atoms with Crippen molar-refractivity contribution >= 4 is 28.4 Å². The number of ether oxygens (including phenoxy) is 1. The Bertz CT molecular complexity index is 1420. The van der Waals surface area contributed by atoms with E-state index in [4.69, 9.17) is 9.72 Å². The van der Waals surface area contributed by atoms with Crippen molar-refractivity contribution in [2.45, 2.75) is 25.1 Å². The van der Waals surface area contributed by atoms with Crippen molar-refractivity contribution in [3.05, 3.63) is 88.6 Å². The van der Waals surface area contributed by atoms with Crippen molar-refractivity contribution in [3.8, 4) is 5.69 Å². The van der Waals surface area contributed by atoms with Gasteiger partial charge in [0.2, 0.25) is 0 Å². The van der Waals surface area contributed by atoms with Crippen molar-refractivity contribution in [3.63, 3.8) is 0 Å². The third-order valence-electron chi connectivity index (χ3n) is 6.35. The number of fused-ring (bicyclic) bond motifs is 1. The summed E-state index contributed by atoms with van der Waals surface area (Å²) in [6.07, 6.45) is -3.14. The Morgan fingerprint density at radius 2 is 1.75 bits per heavy atom. The molecule has 0 bridgehead atoms. The second-order valence-electron chi connectivity index (χ2n) is 8.72. The first-order valence-corrected chi connectivity index (χ1v) is 11.7. The number of alkyl halides is 3. The lowest BCUT2D eigenvalue weighted by Gasteiger charge is -2.27. The molecule has 186 valence electrons. The molecular weight excluding hydrogens is 469 g/mol. The minimum absolute atomic E-state index is 0.0555. The summed E-state index contributed by atoms with van der Waals surface area (Å²) in [6.45, 7) is 0.934.